The van der Waals surface area contributed by atoms with Gasteiger partial charge in [0.2, 0.25) is 0 Å². The van der Waals surface area contributed by atoms with Gasteiger partial charge in [-0.15, -0.1) is 0 Å². The molecule has 0 aliphatic rings. The largest absolute Gasteiger partial charge is 0.398 e. The first kappa shape index (κ1) is 24.6. The Hall–Kier alpha value is -5.02. The lowest BCUT2D eigenvalue weighted by molar-refractivity contribution is -0.385. The predicted octanol–water partition coefficient (Wildman–Crippen LogP) is 4.31. The van der Waals surface area contributed by atoms with Crippen LogP contribution < -0.4 is 16.4 Å². The van der Waals surface area contributed by atoms with Crippen LogP contribution in [0, 0.1) is 43.9 Å². The molecule has 9 nitrogen and oxygen atoms in total. The topological polar surface area (TPSA) is 142 Å². The summed E-state index contributed by atoms with van der Waals surface area (Å²) >= 11 is 0. The van der Waals surface area contributed by atoms with Crippen molar-refractivity contribution in [3.8, 4) is 23.7 Å². The minimum Gasteiger partial charge on any atom is -0.398 e. The number of nitro groups is 2. The molecule has 4 N–H and O–H groups in total. The van der Waals surface area contributed by atoms with Gasteiger partial charge >= 0.3 is 0 Å². The van der Waals surface area contributed by atoms with E-state index in [1.165, 1.54) is 24.3 Å². The lowest BCUT2D eigenvalue weighted by Gasteiger charge is -2.21. The molecule has 0 fully saturated rings. The van der Waals surface area contributed by atoms with Crippen molar-refractivity contribution in [2.45, 2.75) is 13.8 Å². The van der Waals surface area contributed by atoms with Gasteiger partial charge in [-0.2, -0.15) is 0 Å². The maximum absolute atomic E-state index is 11.1. The molecule has 0 saturated carbocycles. The van der Waals surface area contributed by atoms with Crippen LogP contribution in [0.1, 0.15) is 36.1 Å². The number of rotatable bonds is 5. The molecule has 0 unspecified atom stereocenters. The van der Waals surface area contributed by atoms with Crippen LogP contribution in [0.25, 0.3) is 0 Å². The van der Waals surface area contributed by atoms with Gasteiger partial charge in [0, 0.05) is 76.7 Å². The van der Waals surface area contributed by atoms with E-state index >= 15 is 0 Å². The van der Waals surface area contributed by atoms with Gasteiger partial charge in [-0.25, -0.2) is 0 Å². The summed E-state index contributed by atoms with van der Waals surface area (Å²) in [4.78, 5) is 23.3. The van der Waals surface area contributed by atoms with E-state index in [2.05, 4.69) is 28.6 Å². The molecule has 3 aromatic carbocycles. The molecular weight excluding hydrogens is 446 g/mol. The number of anilines is 3. The molecule has 0 aromatic heterocycles. The van der Waals surface area contributed by atoms with E-state index in [1.807, 2.05) is 26.0 Å². The van der Waals surface area contributed by atoms with E-state index in [1.54, 1.807) is 18.2 Å². The fourth-order valence-corrected chi connectivity index (χ4v) is 3.44. The number of hydrogen-bond acceptors (Lipinski definition) is 7. The van der Waals surface area contributed by atoms with Crippen molar-refractivity contribution in [3.63, 3.8) is 0 Å². The van der Waals surface area contributed by atoms with E-state index in [9.17, 15) is 20.2 Å². The number of nitrogens with zero attached hydrogens (tertiary/aromatic N) is 3. The van der Waals surface area contributed by atoms with Crippen molar-refractivity contribution < 1.29 is 9.85 Å². The Labute approximate surface area is 202 Å². The number of benzene rings is 3. The summed E-state index contributed by atoms with van der Waals surface area (Å²) < 4.78 is 0. The molecule has 35 heavy (non-hydrogen) atoms. The summed E-state index contributed by atoms with van der Waals surface area (Å²) in [6.07, 6.45) is 0. The number of non-ortho nitro benzene ring substituents is 2. The molecule has 0 aliphatic heterocycles. The van der Waals surface area contributed by atoms with Gasteiger partial charge in [0.15, 0.2) is 0 Å². The first-order valence-corrected chi connectivity index (χ1v) is 10.7. The Morgan fingerprint density at radius 3 is 1.37 bits per heavy atom. The Morgan fingerprint density at radius 2 is 1.03 bits per heavy atom. The fraction of sp³-hybridized carbons (Fsp3) is 0.154. The third-order valence-electron chi connectivity index (χ3n) is 5.05. The van der Waals surface area contributed by atoms with Crippen LogP contribution >= 0.6 is 0 Å². The fourth-order valence-electron chi connectivity index (χ4n) is 3.44. The van der Waals surface area contributed by atoms with Crippen LogP contribution in [0.5, 0.6) is 0 Å². The standard InChI is InChI=1S/C26H23N5O4/c1-3-29(4-2)24-12-18(5-7-20-10-22(27)16-25(14-20)30(32)33)9-19(13-24)6-8-21-11-23(28)17-26(15-21)31(34)35/h9-17H,3-4,27-28H2,1-2H3. The summed E-state index contributed by atoms with van der Waals surface area (Å²) in [7, 11) is 0. The minimum atomic E-state index is -0.517. The molecule has 0 amide bonds. The SMILES string of the molecule is CCN(CC)c1cc(C#Cc2cc(N)cc([N+](=O)[O-])c2)cc(C#Cc2cc(N)cc([N+](=O)[O-])c2)c1. The summed E-state index contributed by atoms with van der Waals surface area (Å²) in [6, 6.07) is 14.0. The van der Waals surface area contributed by atoms with Crippen LogP contribution in [0.3, 0.4) is 0 Å². The average molecular weight is 470 g/mol. The quantitative estimate of drug-likeness (QED) is 0.245. The van der Waals surface area contributed by atoms with Crippen molar-refractivity contribution in [2.75, 3.05) is 29.5 Å². The van der Waals surface area contributed by atoms with Gasteiger partial charge < -0.3 is 16.4 Å². The van der Waals surface area contributed by atoms with E-state index in [0.717, 1.165) is 18.8 Å². The van der Waals surface area contributed by atoms with Crippen molar-refractivity contribution in [2.24, 2.45) is 0 Å². The molecule has 0 bridgehead atoms. The van der Waals surface area contributed by atoms with Crippen LogP contribution in [-0.4, -0.2) is 22.9 Å². The second-order valence-electron chi connectivity index (χ2n) is 7.58. The number of nitrogens with two attached hydrogens (primary N) is 2. The predicted molar refractivity (Wildman–Crippen MR) is 137 cm³/mol. The highest BCUT2D eigenvalue weighted by molar-refractivity contribution is 5.62. The highest BCUT2D eigenvalue weighted by Gasteiger charge is 2.09. The minimum absolute atomic E-state index is 0.131. The molecule has 0 atom stereocenters. The van der Waals surface area contributed by atoms with Crippen molar-refractivity contribution in [3.05, 3.63) is 97.1 Å². The van der Waals surface area contributed by atoms with Crippen molar-refractivity contribution >= 4 is 28.4 Å². The van der Waals surface area contributed by atoms with Crippen LogP contribution in [-0.2, 0) is 0 Å². The van der Waals surface area contributed by atoms with Crippen LogP contribution in [0.4, 0.5) is 28.4 Å². The second-order valence-corrected chi connectivity index (χ2v) is 7.58. The van der Waals surface area contributed by atoms with Gasteiger partial charge in [-0.1, -0.05) is 23.7 Å². The average Bonchev–Trinajstić information content (AvgIpc) is 2.81. The Kier molecular flexibility index (Phi) is 7.55. The van der Waals surface area contributed by atoms with Gasteiger partial charge in [0.1, 0.15) is 0 Å². The lowest BCUT2D eigenvalue weighted by Crippen LogP contribution is -2.21. The molecule has 0 radical (unpaired) electrons. The molecule has 0 saturated heterocycles. The molecular formula is C26H23N5O4. The second kappa shape index (κ2) is 10.7. The number of nitrogen functional groups attached to an aromatic ring is 2. The molecule has 0 heterocycles. The van der Waals surface area contributed by atoms with Gasteiger partial charge in [0.05, 0.1) is 9.85 Å². The molecule has 9 heteroatoms. The zero-order chi connectivity index (χ0) is 25.5. The maximum atomic E-state index is 11.1. The van der Waals surface area contributed by atoms with Crippen molar-refractivity contribution in [1.29, 1.82) is 0 Å². The van der Waals surface area contributed by atoms with E-state index in [0.29, 0.717) is 22.3 Å². The molecule has 0 aliphatic carbocycles. The maximum Gasteiger partial charge on any atom is 0.272 e. The molecule has 176 valence electrons. The van der Waals surface area contributed by atoms with E-state index in [4.69, 9.17) is 11.5 Å². The summed E-state index contributed by atoms with van der Waals surface area (Å²) in [6.45, 7) is 5.60. The smallest absolute Gasteiger partial charge is 0.272 e. The number of nitro benzene ring substituents is 2. The zero-order valence-corrected chi connectivity index (χ0v) is 19.2. The zero-order valence-electron chi connectivity index (χ0n) is 19.2. The van der Waals surface area contributed by atoms with Gasteiger partial charge in [-0.05, 0) is 44.2 Å². The van der Waals surface area contributed by atoms with Crippen molar-refractivity contribution in [1.82, 2.24) is 0 Å². The molecule has 0 spiro atoms. The molecule has 3 rings (SSSR count). The monoisotopic (exact) mass is 469 g/mol. The first-order valence-electron chi connectivity index (χ1n) is 10.7. The van der Waals surface area contributed by atoms with E-state index in [-0.39, 0.29) is 22.7 Å². The van der Waals surface area contributed by atoms with E-state index < -0.39 is 9.85 Å². The summed E-state index contributed by atoms with van der Waals surface area (Å²) in [5, 5.41) is 22.2. The Balaban J connectivity index is 2.06. The van der Waals surface area contributed by atoms with Crippen LogP contribution in [0.15, 0.2) is 54.6 Å². The highest BCUT2D eigenvalue weighted by Crippen LogP contribution is 2.21. The summed E-state index contributed by atoms with van der Waals surface area (Å²) in [5.74, 6) is 11.9. The number of hydrogen-bond donors (Lipinski definition) is 2. The lowest BCUT2D eigenvalue weighted by atomic mass is 10.1. The van der Waals surface area contributed by atoms with Gasteiger partial charge in [-0.3, -0.25) is 20.2 Å². The highest BCUT2D eigenvalue weighted by atomic mass is 16.6. The van der Waals surface area contributed by atoms with Crippen LogP contribution in [0.2, 0.25) is 0 Å². The third kappa shape index (κ3) is 6.50. The summed E-state index contributed by atoms with van der Waals surface area (Å²) in [5.41, 5.74) is 14.9. The third-order valence-corrected chi connectivity index (χ3v) is 5.05. The first-order chi connectivity index (χ1) is 16.7. The Morgan fingerprint density at radius 1 is 0.657 bits per heavy atom. The van der Waals surface area contributed by atoms with Gasteiger partial charge in [0.25, 0.3) is 11.4 Å². The molecule has 3 aromatic rings. The Bertz CT molecular complexity index is 1320. The normalized spacial score (nSPS) is 9.89.